The summed E-state index contributed by atoms with van der Waals surface area (Å²) in [7, 11) is 0. The average Bonchev–Trinajstić information content (AvgIpc) is 2.99. The smallest absolute Gasteiger partial charge is 0.313 e. The molecule has 2 rings (SSSR count). The second kappa shape index (κ2) is 3.75. The first kappa shape index (κ1) is 10.9. The number of aromatic hydroxyl groups is 1. The molecule has 0 saturated heterocycles. The van der Waals surface area contributed by atoms with Gasteiger partial charge in [-0.25, -0.2) is 0 Å². The summed E-state index contributed by atoms with van der Waals surface area (Å²) in [5, 5.41) is 20.7. The van der Waals surface area contributed by atoms with E-state index in [2.05, 4.69) is 0 Å². The van der Waals surface area contributed by atoms with Crippen LogP contribution in [0.2, 0.25) is 0 Å². The molecule has 0 aromatic heterocycles. The maximum absolute atomic E-state index is 10.8. The number of nitro benzene ring substituents is 1. The van der Waals surface area contributed by atoms with Gasteiger partial charge in [0.1, 0.15) is 0 Å². The van der Waals surface area contributed by atoms with Crippen LogP contribution in [0, 0.1) is 23.0 Å². The summed E-state index contributed by atoms with van der Waals surface area (Å²) in [4.78, 5) is 10.2. The molecule has 1 aromatic rings. The molecule has 1 atom stereocenters. The zero-order valence-corrected chi connectivity index (χ0v) is 9.01. The Morgan fingerprint density at radius 2 is 2.19 bits per heavy atom. The Hall–Kier alpha value is -1.62. The number of aryl methyl sites for hydroxylation is 1. The number of phenolic OH excluding ortho intramolecular Hbond substituents is 1. The van der Waals surface area contributed by atoms with Crippen LogP contribution in [0.1, 0.15) is 30.0 Å². The minimum Gasteiger partial charge on any atom is -0.502 e. The van der Waals surface area contributed by atoms with Crippen molar-refractivity contribution < 1.29 is 10.0 Å². The molecular formula is C11H14N2O3. The topological polar surface area (TPSA) is 89.4 Å². The van der Waals surface area contributed by atoms with Crippen molar-refractivity contribution in [1.29, 1.82) is 0 Å². The zero-order chi connectivity index (χ0) is 11.9. The van der Waals surface area contributed by atoms with E-state index in [-0.39, 0.29) is 17.5 Å². The first-order valence-electron chi connectivity index (χ1n) is 5.24. The lowest BCUT2D eigenvalue weighted by atomic mass is 9.99. The van der Waals surface area contributed by atoms with E-state index < -0.39 is 4.92 Å². The fourth-order valence-electron chi connectivity index (χ4n) is 1.90. The average molecular weight is 222 g/mol. The van der Waals surface area contributed by atoms with Crippen LogP contribution in [0.15, 0.2) is 12.1 Å². The van der Waals surface area contributed by atoms with E-state index in [1.54, 1.807) is 19.1 Å². The second-order valence-corrected chi connectivity index (χ2v) is 4.29. The van der Waals surface area contributed by atoms with Gasteiger partial charge < -0.3 is 10.8 Å². The van der Waals surface area contributed by atoms with E-state index >= 15 is 0 Å². The Morgan fingerprint density at radius 1 is 1.56 bits per heavy atom. The first-order chi connectivity index (χ1) is 7.52. The van der Waals surface area contributed by atoms with Gasteiger partial charge >= 0.3 is 5.69 Å². The van der Waals surface area contributed by atoms with E-state index in [0.717, 1.165) is 12.8 Å². The second-order valence-electron chi connectivity index (χ2n) is 4.29. The molecule has 86 valence electrons. The van der Waals surface area contributed by atoms with Gasteiger partial charge in [-0.2, -0.15) is 0 Å². The van der Waals surface area contributed by atoms with Gasteiger partial charge in [-0.3, -0.25) is 10.1 Å². The molecule has 0 bridgehead atoms. The van der Waals surface area contributed by atoms with Crippen molar-refractivity contribution in [2.24, 2.45) is 11.7 Å². The van der Waals surface area contributed by atoms with Crippen LogP contribution in [0.3, 0.4) is 0 Å². The van der Waals surface area contributed by atoms with Crippen LogP contribution in [-0.2, 0) is 0 Å². The molecule has 1 aliphatic rings. The standard InChI is InChI=1S/C11H14N2O3/c1-6-2-5-8(9(12)7-3-4-7)11(14)10(6)13(15)16/h2,5,7,9,14H,3-4,12H2,1H3/t9-/m1/s1. The summed E-state index contributed by atoms with van der Waals surface area (Å²) in [6.07, 6.45) is 2.06. The molecule has 1 aromatic carbocycles. The Labute approximate surface area is 93.0 Å². The molecule has 5 nitrogen and oxygen atoms in total. The van der Waals surface area contributed by atoms with Crippen molar-refractivity contribution in [1.82, 2.24) is 0 Å². The van der Waals surface area contributed by atoms with Gasteiger partial charge in [0.25, 0.3) is 0 Å². The van der Waals surface area contributed by atoms with Gasteiger partial charge in [0.15, 0.2) is 5.75 Å². The third kappa shape index (κ3) is 1.74. The van der Waals surface area contributed by atoms with Gasteiger partial charge in [-0.05, 0) is 25.7 Å². The molecule has 16 heavy (non-hydrogen) atoms. The third-order valence-corrected chi connectivity index (χ3v) is 3.06. The molecule has 3 N–H and O–H groups in total. The highest BCUT2D eigenvalue weighted by Crippen LogP contribution is 2.44. The number of rotatable bonds is 3. The molecule has 1 fully saturated rings. The van der Waals surface area contributed by atoms with Crippen LogP contribution in [0.5, 0.6) is 5.75 Å². The third-order valence-electron chi connectivity index (χ3n) is 3.06. The van der Waals surface area contributed by atoms with Crippen LogP contribution < -0.4 is 5.73 Å². The summed E-state index contributed by atoms with van der Waals surface area (Å²) >= 11 is 0. The van der Waals surface area contributed by atoms with E-state index in [9.17, 15) is 15.2 Å². The van der Waals surface area contributed by atoms with Gasteiger partial charge in [-0.15, -0.1) is 0 Å². The minimum absolute atomic E-state index is 0.228. The Morgan fingerprint density at radius 3 is 2.69 bits per heavy atom. The van der Waals surface area contributed by atoms with Gasteiger partial charge in [-0.1, -0.05) is 12.1 Å². The first-order valence-corrected chi connectivity index (χ1v) is 5.24. The summed E-state index contributed by atoms with van der Waals surface area (Å²) in [5.41, 5.74) is 6.65. The van der Waals surface area contributed by atoms with Crippen LogP contribution in [0.25, 0.3) is 0 Å². The highest BCUT2D eigenvalue weighted by molar-refractivity contribution is 5.57. The highest BCUT2D eigenvalue weighted by Gasteiger charge is 2.33. The van der Waals surface area contributed by atoms with Crippen molar-refractivity contribution in [3.63, 3.8) is 0 Å². The summed E-state index contributed by atoms with van der Waals surface area (Å²) in [6.45, 7) is 1.60. The number of hydrogen-bond acceptors (Lipinski definition) is 4. The van der Waals surface area contributed by atoms with E-state index in [0.29, 0.717) is 17.0 Å². The number of nitro groups is 1. The summed E-state index contributed by atoms with van der Waals surface area (Å²) < 4.78 is 0. The summed E-state index contributed by atoms with van der Waals surface area (Å²) in [5.74, 6) is 0.0811. The molecule has 0 radical (unpaired) electrons. The van der Waals surface area contributed by atoms with Crippen molar-refractivity contribution >= 4 is 5.69 Å². The van der Waals surface area contributed by atoms with Crippen molar-refractivity contribution in [3.05, 3.63) is 33.4 Å². The van der Waals surface area contributed by atoms with Crippen LogP contribution >= 0.6 is 0 Å². The number of benzene rings is 1. The SMILES string of the molecule is Cc1ccc([C@H](N)C2CC2)c(O)c1[N+](=O)[O-]. The van der Waals surface area contributed by atoms with Gasteiger partial charge in [0.05, 0.1) is 4.92 Å². The number of nitrogens with zero attached hydrogens (tertiary/aromatic N) is 1. The van der Waals surface area contributed by atoms with E-state index in [4.69, 9.17) is 5.73 Å². The monoisotopic (exact) mass is 222 g/mol. The lowest BCUT2D eigenvalue weighted by Gasteiger charge is -2.13. The Bertz CT molecular complexity index is 441. The lowest BCUT2D eigenvalue weighted by Crippen LogP contribution is -2.13. The predicted molar refractivity (Wildman–Crippen MR) is 59.2 cm³/mol. The molecule has 0 aliphatic heterocycles. The fraction of sp³-hybridized carbons (Fsp3) is 0.455. The van der Waals surface area contributed by atoms with Crippen molar-refractivity contribution in [2.75, 3.05) is 0 Å². The molecule has 0 unspecified atom stereocenters. The van der Waals surface area contributed by atoms with Gasteiger partial charge in [0, 0.05) is 17.2 Å². The Kier molecular flexibility index (Phi) is 2.55. The van der Waals surface area contributed by atoms with E-state index in [1.807, 2.05) is 0 Å². The quantitative estimate of drug-likeness (QED) is 0.604. The molecule has 1 saturated carbocycles. The number of nitrogens with two attached hydrogens (primary N) is 1. The normalized spacial score (nSPS) is 17.1. The lowest BCUT2D eigenvalue weighted by molar-refractivity contribution is -0.386. The molecule has 5 heteroatoms. The maximum Gasteiger partial charge on any atom is 0.313 e. The summed E-state index contributed by atoms with van der Waals surface area (Å²) in [6, 6.07) is 3.02. The minimum atomic E-state index is -0.562. The largest absolute Gasteiger partial charge is 0.502 e. The molecule has 1 aliphatic carbocycles. The van der Waals surface area contributed by atoms with Crippen LogP contribution in [0.4, 0.5) is 5.69 Å². The molecule has 0 amide bonds. The molecule has 0 spiro atoms. The predicted octanol–water partition coefficient (Wildman–Crippen LogP) is 2.02. The van der Waals surface area contributed by atoms with E-state index in [1.165, 1.54) is 0 Å². The molecular weight excluding hydrogens is 208 g/mol. The van der Waals surface area contributed by atoms with Crippen molar-refractivity contribution in [2.45, 2.75) is 25.8 Å². The van der Waals surface area contributed by atoms with Crippen LogP contribution in [-0.4, -0.2) is 10.0 Å². The maximum atomic E-state index is 10.8. The zero-order valence-electron chi connectivity index (χ0n) is 9.01. The number of hydrogen-bond donors (Lipinski definition) is 2. The Balaban J connectivity index is 2.46. The fourth-order valence-corrected chi connectivity index (χ4v) is 1.90. The number of phenols is 1. The van der Waals surface area contributed by atoms with Gasteiger partial charge in [0.2, 0.25) is 0 Å². The van der Waals surface area contributed by atoms with Crippen molar-refractivity contribution in [3.8, 4) is 5.75 Å². The highest BCUT2D eigenvalue weighted by atomic mass is 16.6. The molecule has 0 heterocycles.